The van der Waals surface area contributed by atoms with E-state index in [2.05, 4.69) is 10.0 Å². The summed E-state index contributed by atoms with van der Waals surface area (Å²) in [5.41, 5.74) is 1.35. The van der Waals surface area contributed by atoms with E-state index in [1.807, 2.05) is 37.3 Å². The van der Waals surface area contributed by atoms with Gasteiger partial charge in [-0.05, 0) is 36.8 Å². The fourth-order valence-corrected chi connectivity index (χ4v) is 4.33. The van der Waals surface area contributed by atoms with Crippen LogP contribution in [0, 0.1) is 0 Å². The molecule has 3 aromatic rings. The van der Waals surface area contributed by atoms with Gasteiger partial charge in [0.05, 0.1) is 22.3 Å². The van der Waals surface area contributed by atoms with Crippen LogP contribution in [0.1, 0.15) is 28.9 Å². The molecule has 0 fully saturated rings. The molecule has 0 saturated carbocycles. The van der Waals surface area contributed by atoms with Crippen LogP contribution >= 0.6 is 11.6 Å². The first-order valence-electron chi connectivity index (χ1n) is 8.60. The fourth-order valence-electron chi connectivity index (χ4n) is 2.73. The minimum Gasteiger partial charge on any atom is -0.345 e. The highest BCUT2D eigenvalue weighted by Gasteiger charge is 2.21. The average molecular weight is 415 g/mol. The van der Waals surface area contributed by atoms with Crippen molar-refractivity contribution < 1.29 is 13.2 Å². The second-order valence-corrected chi connectivity index (χ2v) is 8.25. The van der Waals surface area contributed by atoms with Crippen LogP contribution in [0.4, 0.5) is 5.69 Å². The standard InChI is InChI=1S/C21H19ClN2O3S/c1-15(16-9-3-2-4-10-16)23-21(25)17-11-5-7-13-19(17)24-28(26,27)20-14-8-6-12-18(20)22/h2-15,24H,1H3,(H,23,25). The summed E-state index contributed by atoms with van der Waals surface area (Å²) < 4.78 is 27.9. The van der Waals surface area contributed by atoms with E-state index in [4.69, 9.17) is 11.6 Å². The Hall–Kier alpha value is -2.83. The normalized spacial score (nSPS) is 12.2. The molecule has 3 aromatic carbocycles. The number of benzene rings is 3. The largest absolute Gasteiger partial charge is 0.345 e. The van der Waals surface area contributed by atoms with E-state index < -0.39 is 10.0 Å². The summed E-state index contributed by atoms with van der Waals surface area (Å²) in [5.74, 6) is -0.381. The van der Waals surface area contributed by atoms with Crippen LogP contribution in [0.15, 0.2) is 83.8 Å². The van der Waals surface area contributed by atoms with Crippen molar-refractivity contribution in [3.05, 3.63) is 95.0 Å². The van der Waals surface area contributed by atoms with E-state index in [0.717, 1.165) is 5.56 Å². The number of carbonyl (C=O) groups excluding carboxylic acids is 1. The van der Waals surface area contributed by atoms with Crippen molar-refractivity contribution in [1.29, 1.82) is 0 Å². The first-order chi connectivity index (χ1) is 13.4. The number of anilines is 1. The number of sulfonamides is 1. The van der Waals surface area contributed by atoms with Crippen molar-refractivity contribution in [2.24, 2.45) is 0 Å². The summed E-state index contributed by atoms with van der Waals surface area (Å²) >= 11 is 6.02. The van der Waals surface area contributed by atoms with E-state index in [-0.39, 0.29) is 33.1 Å². The number of carbonyl (C=O) groups is 1. The monoisotopic (exact) mass is 414 g/mol. The molecule has 0 aliphatic heterocycles. The Labute approximate surface area is 169 Å². The molecule has 5 nitrogen and oxygen atoms in total. The third-order valence-electron chi connectivity index (χ3n) is 4.19. The second kappa shape index (κ2) is 8.46. The van der Waals surface area contributed by atoms with Crippen molar-refractivity contribution >= 4 is 33.2 Å². The van der Waals surface area contributed by atoms with Gasteiger partial charge in [-0.15, -0.1) is 0 Å². The zero-order chi connectivity index (χ0) is 20.1. The molecule has 3 rings (SSSR count). The first kappa shape index (κ1) is 19.9. The molecule has 0 aromatic heterocycles. The van der Waals surface area contributed by atoms with Gasteiger partial charge in [-0.3, -0.25) is 9.52 Å². The summed E-state index contributed by atoms with van der Waals surface area (Å²) in [4.78, 5) is 12.7. The molecule has 0 heterocycles. The topological polar surface area (TPSA) is 75.3 Å². The SMILES string of the molecule is CC(NC(=O)c1ccccc1NS(=O)(=O)c1ccccc1Cl)c1ccccc1. The zero-order valence-electron chi connectivity index (χ0n) is 15.1. The van der Waals surface area contributed by atoms with Gasteiger partial charge in [-0.1, -0.05) is 66.2 Å². The van der Waals surface area contributed by atoms with Gasteiger partial charge in [-0.2, -0.15) is 0 Å². The van der Waals surface area contributed by atoms with Crippen LogP contribution in [0.5, 0.6) is 0 Å². The summed E-state index contributed by atoms with van der Waals surface area (Å²) in [7, 11) is -3.94. The van der Waals surface area contributed by atoms with Gasteiger partial charge in [-0.25, -0.2) is 8.42 Å². The second-order valence-electron chi connectivity index (χ2n) is 6.19. The minimum atomic E-state index is -3.94. The first-order valence-corrected chi connectivity index (χ1v) is 10.5. The van der Waals surface area contributed by atoms with Crippen LogP contribution in [0.2, 0.25) is 5.02 Å². The lowest BCUT2D eigenvalue weighted by molar-refractivity contribution is 0.0941. The maximum atomic E-state index is 12.8. The fraction of sp³-hybridized carbons (Fsp3) is 0.0952. The number of nitrogens with one attached hydrogen (secondary N) is 2. The van der Waals surface area contributed by atoms with E-state index in [1.165, 1.54) is 18.2 Å². The molecule has 1 atom stereocenters. The minimum absolute atomic E-state index is 0.0514. The summed E-state index contributed by atoms with van der Waals surface area (Å²) in [6.07, 6.45) is 0. The number of halogens is 1. The number of rotatable bonds is 6. The summed E-state index contributed by atoms with van der Waals surface area (Å²) in [6, 6.07) is 21.8. The maximum Gasteiger partial charge on any atom is 0.263 e. The Morgan fingerprint density at radius 2 is 1.50 bits per heavy atom. The smallest absolute Gasteiger partial charge is 0.263 e. The molecule has 7 heteroatoms. The Balaban J connectivity index is 1.85. The summed E-state index contributed by atoms with van der Waals surface area (Å²) in [6.45, 7) is 1.86. The van der Waals surface area contributed by atoms with Gasteiger partial charge < -0.3 is 5.32 Å². The van der Waals surface area contributed by atoms with Crippen molar-refractivity contribution in [2.45, 2.75) is 17.9 Å². The number of amides is 1. The highest BCUT2D eigenvalue weighted by atomic mass is 35.5. The van der Waals surface area contributed by atoms with Crippen LogP contribution in [-0.2, 0) is 10.0 Å². The molecule has 0 radical (unpaired) electrons. The molecule has 2 N–H and O–H groups in total. The van der Waals surface area contributed by atoms with Crippen LogP contribution in [0.3, 0.4) is 0 Å². The van der Waals surface area contributed by atoms with E-state index in [0.29, 0.717) is 0 Å². The highest BCUT2D eigenvalue weighted by Crippen LogP contribution is 2.25. The van der Waals surface area contributed by atoms with Gasteiger partial charge in [0.1, 0.15) is 4.90 Å². The lowest BCUT2D eigenvalue weighted by Gasteiger charge is -2.17. The molecular weight excluding hydrogens is 396 g/mol. The molecule has 0 bridgehead atoms. The number of hydrogen-bond donors (Lipinski definition) is 2. The van der Waals surface area contributed by atoms with Crippen molar-refractivity contribution in [2.75, 3.05) is 4.72 Å². The molecule has 0 aliphatic carbocycles. The molecular formula is C21H19ClN2O3S. The van der Waals surface area contributed by atoms with Crippen LogP contribution in [0.25, 0.3) is 0 Å². The van der Waals surface area contributed by atoms with Gasteiger partial charge in [0, 0.05) is 0 Å². The Morgan fingerprint density at radius 3 is 2.21 bits per heavy atom. The summed E-state index contributed by atoms with van der Waals surface area (Å²) in [5, 5.41) is 3.00. The third kappa shape index (κ3) is 4.52. The molecule has 0 aliphatic rings. The molecule has 1 unspecified atom stereocenters. The molecule has 0 spiro atoms. The Morgan fingerprint density at radius 1 is 0.893 bits per heavy atom. The van der Waals surface area contributed by atoms with Crippen LogP contribution in [-0.4, -0.2) is 14.3 Å². The van der Waals surface area contributed by atoms with Gasteiger partial charge in [0.25, 0.3) is 15.9 Å². The highest BCUT2D eigenvalue weighted by molar-refractivity contribution is 7.92. The van der Waals surface area contributed by atoms with E-state index >= 15 is 0 Å². The Kier molecular flexibility index (Phi) is 6.02. The lowest BCUT2D eigenvalue weighted by atomic mass is 10.1. The predicted molar refractivity (Wildman–Crippen MR) is 111 cm³/mol. The Bertz CT molecular complexity index is 1090. The van der Waals surface area contributed by atoms with Gasteiger partial charge >= 0.3 is 0 Å². The maximum absolute atomic E-state index is 12.8. The van der Waals surface area contributed by atoms with Gasteiger partial charge in [0.2, 0.25) is 0 Å². The van der Waals surface area contributed by atoms with Crippen molar-refractivity contribution in [3.8, 4) is 0 Å². The van der Waals surface area contributed by atoms with Crippen molar-refractivity contribution in [1.82, 2.24) is 5.32 Å². The number of para-hydroxylation sites is 1. The third-order valence-corrected chi connectivity index (χ3v) is 6.05. The molecule has 28 heavy (non-hydrogen) atoms. The molecule has 0 saturated heterocycles. The van der Waals surface area contributed by atoms with E-state index in [9.17, 15) is 13.2 Å². The molecule has 144 valence electrons. The van der Waals surface area contributed by atoms with Gasteiger partial charge in [0.15, 0.2) is 0 Å². The average Bonchev–Trinajstić information content (AvgIpc) is 2.69. The lowest BCUT2D eigenvalue weighted by Crippen LogP contribution is -2.28. The molecule has 1 amide bonds. The van der Waals surface area contributed by atoms with Crippen molar-refractivity contribution in [3.63, 3.8) is 0 Å². The van der Waals surface area contributed by atoms with E-state index in [1.54, 1.807) is 30.3 Å². The quantitative estimate of drug-likeness (QED) is 0.617. The zero-order valence-corrected chi connectivity index (χ0v) is 16.7. The number of hydrogen-bond acceptors (Lipinski definition) is 3. The predicted octanol–water partition coefficient (Wildman–Crippen LogP) is 4.63. The van der Waals surface area contributed by atoms with Crippen LogP contribution < -0.4 is 10.0 Å².